The average molecular weight is 422 g/mol. The first kappa shape index (κ1) is 24.6. The lowest BCUT2D eigenvalue weighted by Crippen LogP contribution is -2.48. The molecule has 0 heterocycles. The van der Waals surface area contributed by atoms with Gasteiger partial charge in [0.25, 0.3) is 0 Å². The lowest BCUT2D eigenvalue weighted by molar-refractivity contribution is -0.163. The third-order valence-electron chi connectivity index (χ3n) is 3.70. The summed E-state index contributed by atoms with van der Waals surface area (Å²) in [6, 6.07) is 11.1. The second-order valence-electron chi connectivity index (χ2n) is 6.10. The van der Waals surface area contributed by atoms with Crippen molar-refractivity contribution in [1.82, 2.24) is 0 Å². The highest BCUT2D eigenvalue weighted by atomic mass is 16.4. The summed E-state index contributed by atoms with van der Waals surface area (Å²) in [4.78, 5) is 20.0. The lowest BCUT2D eigenvalue weighted by atomic mass is 10.0. The maximum Gasteiger partial charge on any atom is 0.335 e. The van der Waals surface area contributed by atoms with Gasteiger partial charge in [-0.3, -0.25) is 0 Å². The van der Waals surface area contributed by atoms with Crippen LogP contribution in [0.1, 0.15) is 11.1 Å². The fourth-order valence-electron chi connectivity index (χ4n) is 2.11. The van der Waals surface area contributed by atoms with Gasteiger partial charge >= 0.3 is 5.97 Å². The molecule has 4 atom stereocenters. The van der Waals surface area contributed by atoms with Gasteiger partial charge in [0.05, 0.1) is 0 Å². The zero-order valence-corrected chi connectivity index (χ0v) is 15.5. The molecule has 4 unspecified atom stereocenters. The van der Waals surface area contributed by atoms with Gasteiger partial charge in [-0.05, 0) is 35.4 Å². The number of benzene rings is 2. The Bertz CT molecular complexity index is 842. The number of phenolic OH excluding ortho intramolecular Hbond substituents is 3. The SMILES string of the molecule is O=CC(O)C(O)C(O)C(O)C(=O)O.Oc1ccc(C=Cc2cc(O)cc(O)c2)cc1. The van der Waals surface area contributed by atoms with E-state index in [2.05, 4.69) is 0 Å². The summed E-state index contributed by atoms with van der Waals surface area (Å²) in [6.45, 7) is 0. The quantitative estimate of drug-likeness (QED) is 0.216. The summed E-state index contributed by atoms with van der Waals surface area (Å²) in [7, 11) is 0. The minimum atomic E-state index is -2.25. The van der Waals surface area contributed by atoms with Crippen molar-refractivity contribution in [2.45, 2.75) is 24.4 Å². The maximum atomic E-state index is 10.1. The van der Waals surface area contributed by atoms with E-state index in [1.54, 1.807) is 42.5 Å². The summed E-state index contributed by atoms with van der Waals surface area (Å²) >= 11 is 0. The molecule has 0 fully saturated rings. The molecule has 0 bridgehead atoms. The van der Waals surface area contributed by atoms with E-state index in [4.69, 9.17) is 30.6 Å². The van der Waals surface area contributed by atoms with Crippen molar-refractivity contribution in [2.24, 2.45) is 0 Å². The molecule has 0 aliphatic heterocycles. The first-order chi connectivity index (χ1) is 14.0. The van der Waals surface area contributed by atoms with Crippen molar-refractivity contribution in [3.05, 3.63) is 53.6 Å². The van der Waals surface area contributed by atoms with E-state index >= 15 is 0 Å². The van der Waals surface area contributed by atoms with Gasteiger partial charge in [0.1, 0.15) is 35.6 Å². The van der Waals surface area contributed by atoms with Crippen LogP contribution in [0.25, 0.3) is 12.2 Å². The van der Waals surface area contributed by atoms with Crippen LogP contribution in [-0.2, 0) is 9.59 Å². The Morgan fingerprint density at radius 2 is 1.23 bits per heavy atom. The van der Waals surface area contributed by atoms with Gasteiger partial charge in [-0.15, -0.1) is 0 Å². The van der Waals surface area contributed by atoms with Gasteiger partial charge in [-0.2, -0.15) is 0 Å². The Labute approximate surface area is 170 Å². The summed E-state index contributed by atoms with van der Waals surface area (Å²) in [5.74, 6) is -1.49. The number of carbonyl (C=O) groups excluding carboxylic acids is 1. The Morgan fingerprint density at radius 3 is 1.70 bits per heavy atom. The number of hydrogen-bond acceptors (Lipinski definition) is 9. The first-order valence-corrected chi connectivity index (χ1v) is 8.45. The van der Waals surface area contributed by atoms with Crippen molar-refractivity contribution in [3.8, 4) is 17.2 Å². The molecule has 162 valence electrons. The van der Waals surface area contributed by atoms with Gasteiger partial charge in [0.15, 0.2) is 12.4 Å². The van der Waals surface area contributed by atoms with E-state index in [0.717, 1.165) is 5.56 Å². The molecular weight excluding hydrogens is 400 g/mol. The number of phenols is 3. The molecule has 8 N–H and O–H groups in total. The van der Waals surface area contributed by atoms with E-state index < -0.39 is 30.4 Å². The predicted molar refractivity (Wildman–Crippen MR) is 105 cm³/mol. The molecule has 10 heteroatoms. The molecule has 0 spiro atoms. The zero-order chi connectivity index (χ0) is 22.8. The Kier molecular flexibility index (Phi) is 9.46. The van der Waals surface area contributed by atoms with Crippen LogP contribution in [0.3, 0.4) is 0 Å². The normalized spacial score (nSPS) is 14.8. The number of hydrogen-bond donors (Lipinski definition) is 8. The van der Waals surface area contributed by atoms with Crippen molar-refractivity contribution in [1.29, 1.82) is 0 Å². The molecule has 0 saturated heterocycles. The van der Waals surface area contributed by atoms with E-state index in [9.17, 15) is 19.8 Å². The summed E-state index contributed by atoms with van der Waals surface area (Å²) in [6.07, 6.45) is -4.79. The van der Waals surface area contributed by atoms with E-state index in [1.165, 1.54) is 6.07 Å². The standard InChI is InChI=1S/C14H12O3.C6H10O7/c15-12-5-3-10(4-6-12)1-2-11-7-13(16)9-14(17)8-11;7-1-2(8)3(9)4(10)5(11)6(12)13/h1-9,15-17H;1-5,8-11H,(H,12,13). The van der Waals surface area contributed by atoms with Gasteiger partial charge in [-0.1, -0.05) is 24.3 Å². The molecule has 2 aromatic rings. The van der Waals surface area contributed by atoms with Crippen LogP contribution in [0.4, 0.5) is 0 Å². The topological polar surface area (TPSA) is 196 Å². The molecule has 0 amide bonds. The van der Waals surface area contributed by atoms with E-state index in [-0.39, 0.29) is 23.5 Å². The van der Waals surface area contributed by atoms with Crippen LogP contribution in [0.2, 0.25) is 0 Å². The van der Waals surface area contributed by atoms with Crippen LogP contribution in [0.5, 0.6) is 17.2 Å². The molecule has 2 aromatic carbocycles. The number of rotatable bonds is 7. The second kappa shape index (κ2) is 11.5. The number of aliphatic carboxylic acids is 1. The minimum absolute atomic E-state index is 0.0235. The monoisotopic (exact) mass is 422 g/mol. The number of aldehydes is 1. The average Bonchev–Trinajstić information content (AvgIpc) is 2.70. The van der Waals surface area contributed by atoms with Gasteiger partial charge < -0.3 is 45.6 Å². The highest BCUT2D eigenvalue weighted by molar-refractivity contribution is 5.73. The number of carboxylic acids is 1. The molecule has 0 radical (unpaired) electrons. The predicted octanol–water partition coefficient (Wildman–Crippen LogP) is -0.313. The van der Waals surface area contributed by atoms with E-state index in [1.807, 2.05) is 6.08 Å². The second-order valence-corrected chi connectivity index (χ2v) is 6.10. The highest BCUT2D eigenvalue weighted by Gasteiger charge is 2.34. The Hall–Kier alpha value is -3.44. The molecule has 0 aromatic heterocycles. The van der Waals surface area contributed by atoms with Crippen LogP contribution < -0.4 is 0 Å². The molecule has 2 rings (SSSR count). The zero-order valence-electron chi connectivity index (χ0n) is 15.5. The lowest BCUT2D eigenvalue weighted by Gasteiger charge is -2.21. The van der Waals surface area contributed by atoms with Crippen LogP contribution in [0.15, 0.2) is 42.5 Å². The minimum Gasteiger partial charge on any atom is -0.508 e. The van der Waals surface area contributed by atoms with Gasteiger partial charge in [0, 0.05) is 6.07 Å². The van der Waals surface area contributed by atoms with Crippen LogP contribution in [0, 0.1) is 0 Å². The molecule has 0 aliphatic rings. The van der Waals surface area contributed by atoms with Crippen molar-refractivity contribution in [3.63, 3.8) is 0 Å². The molecule has 10 nitrogen and oxygen atoms in total. The number of aromatic hydroxyl groups is 3. The van der Waals surface area contributed by atoms with Crippen molar-refractivity contribution < 1.29 is 50.4 Å². The highest BCUT2D eigenvalue weighted by Crippen LogP contribution is 2.22. The number of aliphatic hydroxyl groups excluding tert-OH is 4. The smallest absolute Gasteiger partial charge is 0.335 e. The molecule has 30 heavy (non-hydrogen) atoms. The maximum absolute atomic E-state index is 10.1. The fourth-order valence-corrected chi connectivity index (χ4v) is 2.11. The van der Waals surface area contributed by atoms with E-state index in [0.29, 0.717) is 5.56 Å². The third kappa shape index (κ3) is 7.89. The number of aliphatic hydroxyl groups is 4. The fraction of sp³-hybridized carbons (Fsp3) is 0.200. The summed E-state index contributed by atoms with van der Waals surface area (Å²) < 4.78 is 0. The molecule has 0 aliphatic carbocycles. The van der Waals surface area contributed by atoms with Crippen molar-refractivity contribution in [2.75, 3.05) is 0 Å². The van der Waals surface area contributed by atoms with Crippen LogP contribution >= 0.6 is 0 Å². The number of carboxylic acid groups (broad SMARTS) is 1. The molecular formula is C20H22O10. The Balaban J connectivity index is 0.000000314. The summed E-state index contributed by atoms with van der Waals surface area (Å²) in [5, 5.41) is 70.9. The number of carbonyl (C=O) groups is 2. The first-order valence-electron chi connectivity index (χ1n) is 8.45. The van der Waals surface area contributed by atoms with Gasteiger partial charge in [0.2, 0.25) is 0 Å². The molecule has 0 saturated carbocycles. The van der Waals surface area contributed by atoms with Crippen LogP contribution in [-0.4, -0.2) is 77.5 Å². The largest absolute Gasteiger partial charge is 0.508 e. The van der Waals surface area contributed by atoms with Gasteiger partial charge in [-0.25, -0.2) is 4.79 Å². The Morgan fingerprint density at radius 1 is 0.733 bits per heavy atom. The third-order valence-corrected chi connectivity index (χ3v) is 3.70. The summed E-state index contributed by atoms with van der Waals surface area (Å²) in [5.41, 5.74) is 1.63. The van der Waals surface area contributed by atoms with Crippen molar-refractivity contribution >= 4 is 24.4 Å².